The Bertz CT molecular complexity index is 776. The zero-order valence-corrected chi connectivity index (χ0v) is 17.2. The molecule has 1 aliphatic heterocycles. The molecule has 2 heterocycles. The summed E-state index contributed by atoms with van der Waals surface area (Å²) in [4.78, 5) is 14.9. The number of piperidine rings is 1. The molecule has 3 rings (SSSR count). The molecule has 0 bridgehead atoms. The van der Waals surface area contributed by atoms with E-state index in [2.05, 4.69) is 10.4 Å². The molecule has 0 aliphatic carbocycles. The molecule has 5 nitrogen and oxygen atoms in total. The third kappa shape index (κ3) is 4.71. The second-order valence-electron chi connectivity index (χ2n) is 7.43. The Morgan fingerprint density at radius 1 is 1.22 bits per heavy atom. The summed E-state index contributed by atoms with van der Waals surface area (Å²) >= 11 is 5.99. The number of carbonyl (C=O) groups excluding carboxylic acids is 1. The van der Waals surface area contributed by atoms with E-state index < -0.39 is 0 Å². The van der Waals surface area contributed by atoms with E-state index in [4.69, 9.17) is 11.6 Å². The second-order valence-corrected chi connectivity index (χ2v) is 7.87. The van der Waals surface area contributed by atoms with Crippen molar-refractivity contribution in [2.75, 3.05) is 26.7 Å². The van der Waals surface area contributed by atoms with Gasteiger partial charge in [-0.3, -0.25) is 4.79 Å². The number of nitrogens with zero attached hydrogens (tertiary/aromatic N) is 3. The van der Waals surface area contributed by atoms with Crippen molar-refractivity contribution in [2.24, 2.45) is 5.92 Å². The molecule has 1 saturated heterocycles. The zero-order valence-electron chi connectivity index (χ0n) is 16.5. The highest BCUT2D eigenvalue weighted by Gasteiger charge is 2.24. The molecule has 1 N–H and O–H groups in total. The molecule has 1 aliphatic rings. The van der Waals surface area contributed by atoms with Crippen LogP contribution >= 0.6 is 11.6 Å². The monoisotopic (exact) mass is 388 g/mol. The predicted molar refractivity (Wildman–Crippen MR) is 110 cm³/mol. The summed E-state index contributed by atoms with van der Waals surface area (Å²) in [6.45, 7) is 6.81. The molecule has 27 heavy (non-hydrogen) atoms. The largest absolute Gasteiger partial charge is 0.342 e. The molecule has 1 aromatic carbocycles. The predicted octanol–water partition coefficient (Wildman–Crippen LogP) is 3.53. The van der Waals surface area contributed by atoms with Crippen LogP contribution in [0, 0.1) is 19.8 Å². The molecule has 0 spiro atoms. The fourth-order valence-corrected chi connectivity index (χ4v) is 3.97. The first-order valence-corrected chi connectivity index (χ1v) is 10.1. The van der Waals surface area contributed by atoms with E-state index in [1.54, 1.807) is 0 Å². The molecule has 0 radical (unpaired) electrons. The van der Waals surface area contributed by atoms with Crippen LogP contribution in [0.15, 0.2) is 24.3 Å². The Kier molecular flexibility index (Phi) is 6.55. The average molecular weight is 389 g/mol. The van der Waals surface area contributed by atoms with Crippen LogP contribution < -0.4 is 5.32 Å². The fourth-order valence-electron chi connectivity index (χ4n) is 3.85. The van der Waals surface area contributed by atoms with Crippen molar-refractivity contribution in [3.8, 4) is 5.69 Å². The molecule has 6 heteroatoms. The second kappa shape index (κ2) is 8.89. The first-order valence-electron chi connectivity index (χ1n) is 9.73. The number of hydrogen-bond acceptors (Lipinski definition) is 3. The molecule has 146 valence electrons. The van der Waals surface area contributed by atoms with Crippen LogP contribution in [0.3, 0.4) is 0 Å². The van der Waals surface area contributed by atoms with Gasteiger partial charge in [-0.1, -0.05) is 11.6 Å². The van der Waals surface area contributed by atoms with Gasteiger partial charge in [0.15, 0.2) is 0 Å². The topological polar surface area (TPSA) is 50.2 Å². The van der Waals surface area contributed by atoms with Crippen molar-refractivity contribution in [1.29, 1.82) is 0 Å². The molecule has 1 fully saturated rings. The number of rotatable bonds is 6. The Balaban J connectivity index is 1.66. The molecule has 2 aromatic rings. The minimum Gasteiger partial charge on any atom is -0.342 e. The number of amides is 1. The summed E-state index contributed by atoms with van der Waals surface area (Å²) in [6, 6.07) is 7.61. The van der Waals surface area contributed by atoms with Gasteiger partial charge in [-0.25, -0.2) is 4.68 Å². The quantitative estimate of drug-likeness (QED) is 0.823. The maximum Gasteiger partial charge on any atom is 0.227 e. The number of halogens is 1. The summed E-state index contributed by atoms with van der Waals surface area (Å²) in [5.74, 6) is 0.946. The van der Waals surface area contributed by atoms with E-state index in [0.29, 0.717) is 11.4 Å². The lowest BCUT2D eigenvalue weighted by atomic mass is 9.93. The highest BCUT2D eigenvalue weighted by atomic mass is 35.5. The summed E-state index contributed by atoms with van der Waals surface area (Å²) < 4.78 is 1.90. The van der Waals surface area contributed by atoms with Crippen LogP contribution in [0.1, 0.15) is 36.2 Å². The van der Waals surface area contributed by atoms with Crippen molar-refractivity contribution in [2.45, 2.75) is 39.5 Å². The smallest absolute Gasteiger partial charge is 0.227 e. The molecule has 0 saturated carbocycles. The van der Waals surface area contributed by atoms with E-state index in [1.165, 1.54) is 6.42 Å². The standard InChI is InChI=1S/C21H29ClN4O/c1-15-20(16(2)26(24-15)19-6-4-18(22)5-7-19)14-21(27)25-12-9-17(10-13-25)8-11-23-3/h4-7,17,23H,8-14H2,1-3H3. The van der Waals surface area contributed by atoms with Gasteiger partial charge in [0.05, 0.1) is 17.8 Å². The SMILES string of the molecule is CNCCC1CCN(C(=O)Cc2c(C)nn(-c3ccc(Cl)cc3)c2C)CC1. The van der Waals surface area contributed by atoms with Crippen LogP contribution in [0.2, 0.25) is 5.02 Å². The summed E-state index contributed by atoms with van der Waals surface area (Å²) in [6.07, 6.45) is 3.84. The van der Waals surface area contributed by atoms with E-state index in [-0.39, 0.29) is 5.91 Å². The highest BCUT2D eigenvalue weighted by molar-refractivity contribution is 6.30. The number of likely N-dealkylation sites (tertiary alicyclic amines) is 1. The Hall–Kier alpha value is -1.85. The lowest BCUT2D eigenvalue weighted by molar-refractivity contribution is -0.131. The number of hydrogen-bond donors (Lipinski definition) is 1. The first-order chi connectivity index (χ1) is 13.0. The van der Waals surface area contributed by atoms with E-state index in [0.717, 1.165) is 61.0 Å². The summed E-state index contributed by atoms with van der Waals surface area (Å²) in [5.41, 5.74) is 3.93. The summed E-state index contributed by atoms with van der Waals surface area (Å²) in [7, 11) is 1.99. The number of carbonyl (C=O) groups is 1. The van der Waals surface area contributed by atoms with Crippen molar-refractivity contribution >= 4 is 17.5 Å². The van der Waals surface area contributed by atoms with Crippen LogP contribution in [0.25, 0.3) is 5.69 Å². The van der Waals surface area contributed by atoms with Gasteiger partial charge in [-0.15, -0.1) is 0 Å². The highest BCUT2D eigenvalue weighted by Crippen LogP contribution is 2.23. The number of benzene rings is 1. The van der Waals surface area contributed by atoms with Gasteiger partial charge < -0.3 is 10.2 Å². The molecule has 0 atom stereocenters. The Morgan fingerprint density at radius 2 is 1.89 bits per heavy atom. The van der Waals surface area contributed by atoms with Crippen molar-refractivity contribution in [3.63, 3.8) is 0 Å². The van der Waals surface area contributed by atoms with Gasteiger partial charge in [-0.2, -0.15) is 5.10 Å². The fraction of sp³-hybridized carbons (Fsp3) is 0.524. The number of aromatic nitrogens is 2. The van der Waals surface area contributed by atoms with Crippen LogP contribution in [-0.4, -0.2) is 47.3 Å². The van der Waals surface area contributed by atoms with Gasteiger partial charge >= 0.3 is 0 Å². The van der Waals surface area contributed by atoms with E-state index in [9.17, 15) is 4.79 Å². The first kappa shape index (κ1) is 19.9. The van der Waals surface area contributed by atoms with Crippen molar-refractivity contribution in [3.05, 3.63) is 46.2 Å². The van der Waals surface area contributed by atoms with Gasteiger partial charge in [-0.05, 0) is 76.9 Å². The van der Waals surface area contributed by atoms with Gasteiger partial charge in [0.25, 0.3) is 0 Å². The summed E-state index contributed by atoms with van der Waals surface area (Å²) in [5, 5.41) is 8.57. The minimum atomic E-state index is 0.212. The lowest BCUT2D eigenvalue weighted by Gasteiger charge is -2.32. The van der Waals surface area contributed by atoms with Crippen molar-refractivity contribution < 1.29 is 4.79 Å². The minimum absolute atomic E-state index is 0.212. The maximum atomic E-state index is 12.8. The molecule has 1 amide bonds. The average Bonchev–Trinajstić information content (AvgIpc) is 2.95. The van der Waals surface area contributed by atoms with Crippen LogP contribution in [-0.2, 0) is 11.2 Å². The molecule has 1 aromatic heterocycles. The molecular formula is C21H29ClN4O. The van der Waals surface area contributed by atoms with Crippen LogP contribution in [0.5, 0.6) is 0 Å². The van der Waals surface area contributed by atoms with E-state index >= 15 is 0 Å². The third-order valence-corrected chi connectivity index (χ3v) is 5.86. The molecular weight excluding hydrogens is 360 g/mol. The Labute approximate surface area is 166 Å². The lowest BCUT2D eigenvalue weighted by Crippen LogP contribution is -2.39. The van der Waals surface area contributed by atoms with E-state index in [1.807, 2.05) is 54.7 Å². The van der Waals surface area contributed by atoms with Gasteiger partial charge in [0.2, 0.25) is 5.91 Å². The normalized spacial score (nSPS) is 15.3. The van der Waals surface area contributed by atoms with Gasteiger partial charge in [0, 0.05) is 29.4 Å². The number of nitrogens with one attached hydrogen (secondary N) is 1. The zero-order chi connectivity index (χ0) is 19.4. The van der Waals surface area contributed by atoms with Gasteiger partial charge in [0.1, 0.15) is 0 Å². The van der Waals surface area contributed by atoms with Crippen molar-refractivity contribution in [1.82, 2.24) is 20.0 Å². The third-order valence-electron chi connectivity index (χ3n) is 5.61. The maximum absolute atomic E-state index is 12.8. The van der Waals surface area contributed by atoms with Crippen LogP contribution in [0.4, 0.5) is 0 Å². The molecule has 0 unspecified atom stereocenters. The Morgan fingerprint density at radius 3 is 2.52 bits per heavy atom. The number of aryl methyl sites for hydroxylation is 1.